The number of amides is 1. The summed E-state index contributed by atoms with van der Waals surface area (Å²) in [4.78, 5) is 28.3. The molecule has 38 heavy (non-hydrogen) atoms. The molecular weight excluding hydrogens is 482 g/mol. The fraction of sp³-hybridized carbons (Fsp3) is 0.290. The number of nitrogens with zero attached hydrogens (tertiary/aromatic N) is 1. The highest BCUT2D eigenvalue weighted by atomic mass is 16.7. The Hall–Kier alpha value is -4.26. The minimum absolute atomic E-state index is 0.0544. The second-order valence-electron chi connectivity index (χ2n) is 10.5. The number of rotatable bonds is 6. The van der Waals surface area contributed by atoms with Gasteiger partial charge in [0, 0.05) is 12.1 Å². The van der Waals surface area contributed by atoms with Crippen molar-refractivity contribution >= 4 is 17.4 Å². The molecule has 1 N–H and O–H groups in total. The van der Waals surface area contributed by atoms with Crippen molar-refractivity contribution in [3.05, 3.63) is 94.6 Å². The van der Waals surface area contributed by atoms with Crippen LogP contribution < -0.4 is 14.2 Å². The lowest BCUT2D eigenvalue weighted by molar-refractivity contribution is -0.139. The van der Waals surface area contributed by atoms with Crippen LogP contribution in [0.1, 0.15) is 49.1 Å². The number of fused-ring (bicyclic) bond motifs is 1. The lowest BCUT2D eigenvalue weighted by Crippen LogP contribution is -2.31. The summed E-state index contributed by atoms with van der Waals surface area (Å²) in [5, 5.41) is 11.4. The standard InChI is InChI=1S/C31H31NO6/c1-31(2,3)22-10-7-20(8-11-22)27-26(28(33)21-9-14-24-25(17-21)38-18-37-24)29(34)30(35)32(27)16-15-19-5-12-23(36-4)13-6-19/h5-14,17,27,33H,15-16,18H2,1-4H3/b28-26-. The molecule has 0 aliphatic carbocycles. The number of ketones is 1. The summed E-state index contributed by atoms with van der Waals surface area (Å²) in [6.45, 7) is 6.78. The second-order valence-corrected chi connectivity index (χ2v) is 10.5. The van der Waals surface area contributed by atoms with Crippen LogP contribution in [0.3, 0.4) is 0 Å². The summed E-state index contributed by atoms with van der Waals surface area (Å²) < 4.78 is 16.1. The number of methoxy groups -OCH3 is 1. The molecule has 0 bridgehead atoms. The molecule has 3 aromatic rings. The topological polar surface area (TPSA) is 85.3 Å². The number of hydrogen-bond donors (Lipinski definition) is 1. The van der Waals surface area contributed by atoms with E-state index in [1.807, 2.05) is 48.5 Å². The summed E-state index contributed by atoms with van der Waals surface area (Å²) in [6, 6.07) is 19.8. The van der Waals surface area contributed by atoms with E-state index in [2.05, 4.69) is 20.8 Å². The maximum Gasteiger partial charge on any atom is 0.295 e. The first-order valence-corrected chi connectivity index (χ1v) is 12.6. The summed E-state index contributed by atoms with van der Waals surface area (Å²) in [6.07, 6.45) is 0.539. The maximum absolute atomic E-state index is 13.4. The number of Topliss-reactive ketones (excluding diaryl/α,β-unsaturated/α-hetero) is 1. The van der Waals surface area contributed by atoms with Crippen LogP contribution in [0.4, 0.5) is 0 Å². The molecule has 1 unspecified atom stereocenters. The molecule has 7 heteroatoms. The van der Waals surface area contributed by atoms with Gasteiger partial charge in [-0.25, -0.2) is 0 Å². The van der Waals surface area contributed by atoms with Crippen LogP contribution in [-0.4, -0.2) is 42.1 Å². The molecule has 0 radical (unpaired) electrons. The van der Waals surface area contributed by atoms with Gasteiger partial charge in [0.2, 0.25) is 6.79 Å². The number of benzene rings is 3. The number of carbonyl (C=O) groups is 2. The van der Waals surface area contributed by atoms with E-state index in [0.717, 1.165) is 22.4 Å². The Morgan fingerprint density at radius 1 is 0.974 bits per heavy atom. The normalized spacial score (nSPS) is 18.2. The van der Waals surface area contributed by atoms with Crippen molar-refractivity contribution in [3.63, 3.8) is 0 Å². The summed E-state index contributed by atoms with van der Waals surface area (Å²) in [7, 11) is 1.61. The average Bonchev–Trinajstić information content (AvgIpc) is 3.49. The van der Waals surface area contributed by atoms with Crippen LogP contribution in [-0.2, 0) is 21.4 Å². The zero-order valence-electron chi connectivity index (χ0n) is 22.0. The van der Waals surface area contributed by atoms with E-state index < -0.39 is 17.7 Å². The molecule has 1 atom stereocenters. The predicted molar refractivity (Wildman–Crippen MR) is 143 cm³/mol. The average molecular weight is 514 g/mol. The third-order valence-corrected chi connectivity index (χ3v) is 7.08. The molecule has 0 spiro atoms. The van der Waals surface area contributed by atoms with Crippen molar-refractivity contribution < 1.29 is 28.9 Å². The van der Waals surface area contributed by atoms with Crippen LogP contribution in [0.2, 0.25) is 0 Å². The highest BCUT2D eigenvalue weighted by molar-refractivity contribution is 6.46. The van der Waals surface area contributed by atoms with E-state index in [4.69, 9.17) is 14.2 Å². The maximum atomic E-state index is 13.4. The van der Waals surface area contributed by atoms with Crippen molar-refractivity contribution in [1.82, 2.24) is 4.90 Å². The third-order valence-electron chi connectivity index (χ3n) is 7.08. The molecule has 7 nitrogen and oxygen atoms in total. The Morgan fingerprint density at radius 3 is 2.32 bits per heavy atom. The van der Waals surface area contributed by atoms with Crippen LogP contribution in [0, 0.1) is 0 Å². The molecule has 3 aromatic carbocycles. The number of hydrogen-bond acceptors (Lipinski definition) is 6. The van der Waals surface area contributed by atoms with E-state index in [-0.39, 0.29) is 23.5 Å². The molecule has 1 saturated heterocycles. The van der Waals surface area contributed by atoms with Crippen molar-refractivity contribution in [2.24, 2.45) is 0 Å². The van der Waals surface area contributed by atoms with E-state index in [1.54, 1.807) is 30.2 Å². The molecule has 2 heterocycles. The first-order valence-electron chi connectivity index (χ1n) is 12.6. The minimum Gasteiger partial charge on any atom is -0.507 e. The fourth-order valence-electron chi connectivity index (χ4n) is 4.86. The van der Waals surface area contributed by atoms with Gasteiger partial charge >= 0.3 is 0 Å². The Kier molecular flexibility index (Phi) is 6.61. The number of aliphatic hydroxyl groups is 1. The fourth-order valence-corrected chi connectivity index (χ4v) is 4.86. The largest absolute Gasteiger partial charge is 0.507 e. The molecule has 1 amide bonds. The smallest absolute Gasteiger partial charge is 0.295 e. The molecular formula is C31H31NO6. The lowest BCUT2D eigenvalue weighted by Gasteiger charge is -2.26. The van der Waals surface area contributed by atoms with Gasteiger partial charge in [-0.15, -0.1) is 0 Å². The van der Waals surface area contributed by atoms with Crippen molar-refractivity contribution in [2.45, 2.75) is 38.6 Å². The summed E-state index contributed by atoms with van der Waals surface area (Å²) in [5.74, 6) is 0.213. The predicted octanol–water partition coefficient (Wildman–Crippen LogP) is 5.39. The van der Waals surface area contributed by atoms with E-state index in [0.29, 0.717) is 30.0 Å². The van der Waals surface area contributed by atoms with Gasteiger partial charge in [0.1, 0.15) is 11.5 Å². The highest BCUT2D eigenvalue weighted by Gasteiger charge is 2.46. The van der Waals surface area contributed by atoms with Crippen molar-refractivity contribution in [2.75, 3.05) is 20.4 Å². The minimum atomic E-state index is -0.729. The van der Waals surface area contributed by atoms with E-state index in [9.17, 15) is 14.7 Å². The monoisotopic (exact) mass is 513 g/mol. The molecule has 2 aliphatic rings. The number of ether oxygens (including phenoxy) is 3. The Labute approximate surface area is 222 Å². The first kappa shape index (κ1) is 25.4. The zero-order valence-corrected chi connectivity index (χ0v) is 22.0. The Morgan fingerprint density at radius 2 is 1.66 bits per heavy atom. The van der Waals surface area contributed by atoms with Gasteiger partial charge in [-0.1, -0.05) is 57.2 Å². The van der Waals surface area contributed by atoms with Gasteiger partial charge in [-0.2, -0.15) is 0 Å². The molecule has 5 rings (SSSR count). The van der Waals surface area contributed by atoms with Gasteiger partial charge in [-0.05, 0) is 58.9 Å². The molecule has 2 aliphatic heterocycles. The van der Waals surface area contributed by atoms with Crippen LogP contribution in [0.5, 0.6) is 17.2 Å². The second kappa shape index (κ2) is 9.89. The van der Waals surface area contributed by atoms with Crippen molar-refractivity contribution in [1.29, 1.82) is 0 Å². The third kappa shape index (κ3) is 4.72. The SMILES string of the molecule is COc1ccc(CCN2C(=O)C(=O)/C(=C(\O)c3ccc4c(c3)OCO4)C2c2ccc(C(C)(C)C)cc2)cc1. The number of likely N-dealkylation sites (tertiary alicyclic amines) is 1. The summed E-state index contributed by atoms with van der Waals surface area (Å²) >= 11 is 0. The van der Waals surface area contributed by atoms with E-state index >= 15 is 0 Å². The van der Waals surface area contributed by atoms with Gasteiger partial charge < -0.3 is 24.2 Å². The first-order chi connectivity index (χ1) is 18.2. The van der Waals surface area contributed by atoms with Crippen LogP contribution in [0.15, 0.2) is 72.3 Å². The molecule has 0 aromatic heterocycles. The van der Waals surface area contributed by atoms with Crippen molar-refractivity contribution in [3.8, 4) is 17.2 Å². The Balaban J connectivity index is 1.55. The number of carbonyl (C=O) groups excluding carboxylic acids is 2. The zero-order chi connectivity index (χ0) is 27.0. The quantitative estimate of drug-likeness (QED) is 0.270. The highest BCUT2D eigenvalue weighted by Crippen LogP contribution is 2.42. The number of aliphatic hydroxyl groups excluding tert-OH is 1. The molecule has 196 valence electrons. The van der Waals surface area contributed by atoms with Gasteiger partial charge in [0.25, 0.3) is 11.7 Å². The van der Waals surface area contributed by atoms with Gasteiger partial charge in [-0.3, -0.25) is 9.59 Å². The Bertz CT molecular complexity index is 1400. The van der Waals surface area contributed by atoms with Crippen LogP contribution >= 0.6 is 0 Å². The molecule has 0 saturated carbocycles. The lowest BCUT2D eigenvalue weighted by atomic mass is 9.85. The summed E-state index contributed by atoms with van der Waals surface area (Å²) in [5.41, 5.74) is 3.29. The van der Waals surface area contributed by atoms with Gasteiger partial charge in [0.15, 0.2) is 11.5 Å². The van der Waals surface area contributed by atoms with Gasteiger partial charge in [0.05, 0.1) is 18.7 Å². The van der Waals surface area contributed by atoms with E-state index in [1.165, 1.54) is 0 Å². The van der Waals surface area contributed by atoms with Crippen LogP contribution in [0.25, 0.3) is 5.76 Å². The molecule has 1 fully saturated rings.